The first kappa shape index (κ1) is 15.7. The highest BCUT2D eigenvalue weighted by Gasteiger charge is 2.59. The van der Waals surface area contributed by atoms with Crippen LogP contribution in [0.3, 0.4) is 0 Å². The molecule has 1 aliphatic heterocycles. The largest absolute Gasteiger partial charge is 0.481 e. The van der Waals surface area contributed by atoms with Crippen LogP contribution in [-0.2, 0) is 4.79 Å². The predicted octanol–water partition coefficient (Wildman–Crippen LogP) is 3.40. The van der Waals surface area contributed by atoms with Crippen LogP contribution in [-0.4, -0.2) is 35.0 Å². The van der Waals surface area contributed by atoms with E-state index in [9.17, 15) is 9.59 Å². The van der Waals surface area contributed by atoms with Crippen LogP contribution in [0.15, 0.2) is 46.9 Å². The van der Waals surface area contributed by atoms with Gasteiger partial charge in [0, 0.05) is 19.2 Å². The van der Waals surface area contributed by atoms with Crippen LogP contribution in [0.5, 0.6) is 11.7 Å². The van der Waals surface area contributed by atoms with Crippen LogP contribution in [0.4, 0.5) is 0 Å². The Morgan fingerprint density at radius 2 is 1.84 bits per heavy atom. The van der Waals surface area contributed by atoms with E-state index < -0.39 is 5.97 Å². The zero-order chi connectivity index (χ0) is 17.4. The van der Waals surface area contributed by atoms with Gasteiger partial charge in [-0.05, 0) is 42.9 Å². The highest BCUT2D eigenvalue weighted by Crippen LogP contribution is 2.59. The summed E-state index contributed by atoms with van der Waals surface area (Å²) in [4.78, 5) is 25.4. The van der Waals surface area contributed by atoms with Crippen molar-refractivity contribution in [3.8, 4) is 11.7 Å². The Labute approximate surface area is 145 Å². The second-order valence-corrected chi connectivity index (χ2v) is 6.78. The summed E-state index contributed by atoms with van der Waals surface area (Å²) in [5.74, 6) is 0.0332. The number of aliphatic carboxylic acids is 1. The topological polar surface area (TPSA) is 80.0 Å². The van der Waals surface area contributed by atoms with Gasteiger partial charge in [-0.25, -0.2) is 0 Å². The van der Waals surface area contributed by atoms with E-state index >= 15 is 0 Å². The Balaban J connectivity index is 1.37. The number of rotatable bonds is 4. The lowest BCUT2D eigenvalue weighted by Crippen LogP contribution is -2.39. The second kappa shape index (κ2) is 5.95. The van der Waals surface area contributed by atoms with E-state index in [1.54, 1.807) is 17.0 Å². The fraction of sp³-hybridized carbons (Fsp3) is 0.368. The zero-order valence-electron chi connectivity index (χ0n) is 13.7. The number of furan rings is 1. The molecule has 1 saturated heterocycles. The van der Waals surface area contributed by atoms with E-state index in [2.05, 4.69) is 0 Å². The summed E-state index contributed by atoms with van der Waals surface area (Å²) in [5, 5.41) is 9.14. The molecule has 0 unspecified atom stereocenters. The van der Waals surface area contributed by atoms with Crippen LogP contribution in [0.1, 0.15) is 29.8 Å². The number of carbonyl (C=O) groups excluding carboxylic acids is 1. The third-order valence-electron chi connectivity index (χ3n) is 5.29. The van der Waals surface area contributed by atoms with Crippen molar-refractivity contribution in [3.05, 3.63) is 48.2 Å². The number of ether oxygens (including phenoxy) is 1. The Morgan fingerprint density at radius 3 is 2.48 bits per heavy atom. The van der Waals surface area contributed by atoms with Gasteiger partial charge >= 0.3 is 5.97 Å². The average molecular weight is 341 g/mol. The first-order valence-corrected chi connectivity index (χ1v) is 8.42. The minimum atomic E-state index is -0.714. The number of carbonyl (C=O) groups is 2. The number of benzene rings is 1. The van der Waals surface area contributed by atoms with Gasteiger partial charge in [-0.1, -0.05) is 18.2 Å². The number of likely N-dealkylation sites (tertiary alicyclic amines) is 1. The minimum Gasteiger partial charge on any atom is -0.481 e. The van der Waals surface area contributed by atoms with Crippen molar-refractivity contribution in [1.29, 1.82) is 0 Å². The Bertz CT molecular complexity index is 789. The molecule has 1 spiro atoms. The summed E-state index contributed by atoms with van der Waals surface area (Å²) in [5.41, 5.74) is -0.0899. The Kier molecular flexibility index (Phi) is 3.75. The van der Waals surface area contributed by atoms with Gasteiger partial charge in [-0.2, -0.15) is 0 Å². The lowest BCUT2D eigenvalue weighted by Gasteiger charge is -2.32. The van der Waals surface area contributed by atoms with Crippen molar-refractivity contribution < 1.29 is 23.8 Å². The molecule has 6 nitrogen and oxygen atoms in total. The number of para-hydroxylation sites is 1. The van der Waals surface area contributed by atoms with Crippen LogP contribution in [0.2, 0.25) is 0 Å². The Morgan fingerprint density at radius 1 is 1.12 bits per heavy atom. The number of carboxylic acid groups (broad SMARTS) is 1. The van der Waals surface area contributed by atoms with Crippen molar-refractivity contribution in [1.82, 2.24) is 4.90 Å². The first-order chi connectivity index (χ1) is 12.1. The molecule has 1 saturated carbocycles. The van der Waals surface area contributed by atoms with E-state index in [1.165, 1.54) is 0 Å². The van der Waals surface area contributed by atoms with E-state index in [0.717, 1.165) is 19.3 Å². The second-order valence-electron chi connectivity index (χ2n) is 6.78. The van der Waals surface area contributed by atoms with Crippen LogP contribution in [0.25, 0.3) is 0 Å². The van der Waals surface area contributed by atoms with Crippen molar-refractivity contribution in [3.63, 3.8) is 0 Å². The summed E-state index contributed by atoms with van der Waals surface area (Å²) < 4.78 is 11.1. The van der Waals surface area contributed by atoms with Gasteiger partial charge in [0.1, 0.15) is 5.75 Å². The van der Waals surface area contributed by atoms with E-state index in [1.807, 2.05) is 30.3 Å². The number of hydrogen-bond acceptors (Lipinski definition) is 4. The third kappa shape index (κ3) is 2.99. The van der Waals surface area contributed by atoms with Gasteiger partial charge in [0.2, 0.25) is 0 Å². The molecule has 2 heterocycles. The van der Waals surface area contributed by atoms with Gasteiger partial charge in [0.25, 0.3) is 11.9 Å². The predicted molar refractivity (Wildman–Crippen MR) is 88.5 cm³/mol. The smallest absolute Gasteiger partial charge is 0.307 e. The summed E-state index contributed by atoms with van der Waals surface area (Å²) in [6.45, 7) is 1.14. The van der Waals surface area contributed by atoms with Crippen molar-refractivity contribution in [2.24, 2.45) is 11.3 Å². The van der Waals surface area contributed by atoms with Gasteiger partial charge in [0.15, 0.2) is 5.76 Å². The number of amides is 1. The van der Waals surface area contributed by atoms with Crippen molar-refractivity contribution >= 4 is 11.9 Å². The van der Waals surface area contributed by atoms with Crippen molar-refractivity contribution in [2.45, 2.75) is 19.3 Å². The standard InChI is InChI=1S/C19H19NO5/c21-17(20-10-8-19(9-11-20)12-14(19)18(22)23)15-6-7-16(25-15)24-13-4-2-1-3-5-13/h1-7,14H,8-12H2,(H,22,23)/t14-/m0/s1. The maximum atomic E-state index is 12.6. The van der Waals surface area contributed by atoms with Crippen LogP contribution >= 0.6 is 0 Å². The molecule has 1 amide bonds. The SMILES string of the molecule is O=C(O)[C@@H]1CC12CCN(C(=O)c1ccc(Oc3ccccc3)o1)CC2. The van der Waals surface area contributed by atoms with Gasteiger partial charge < -0.3 is 19.2 Å². The summed E-state index contributed by atoms with van der Waals surface area (Å²) >= 11 is 0. The lowest BCUT2D eigenvalue weighted by atomic mass is 9.90. The molecule has 0 radical (unpaired) electrons. The molecule has 1 N–H and O–H groups in total. The molecule has 1 atom stereocenters. The number of hydrogen-bond donors (Lipinski definition) is 1. The summed E-state index contributed by atoms with van der Waals surface area (Å²) in [7, 11) is 0. The van der Waals surface area contributed by atoms with E-state index in [-0.39, 0.29) is 28.9 Å². The minimum absolute atomic E-state index is 0.0899. The molecule has 1 aromatic heterocycles. The number of piperidine rings is 1. The zero-order valence-corrected chi connectivity index (χ0v) is 13.7. The molecule has 1 aliphatic carbocycles. The summed E-state index contributed by atoms with van der Waals surface area (Å²) in [6.07, 6.45) is 2.22. The highest BCUT2D eigenvalue weighted by molar-refractivity contribution is 5.91. The molecule has 1 aromatic carbocycles. The quantitative estimate of drug-likeness (QED) is 0.922. The Hall–Kier alpha value is -2.76. The van der Waals surface area contributed by atoms with E-state index in [4.69, 9.17) is 14.3 Å². The fourth-order valence-corrected chi connectivity index (χ4v) is 3.66. The molecule has 0 bridgehead atoms. The molecular weight excluding hydrogens is 322 g/mol. The molecule has 2 aromatic rings. The lowest BCUT2D eigenvalue weighted by molar-refractivity contribution is -0.139. The van der Waals surface area contributed by atoms with Crippen LogP contribution in [0, 0.1) is 11.3 Å². The third-order valence-corrected chi connectivity index (χ3v) is 5.29. The van der Waals surface area contributed by atoms with Gasteiger partial charge in [-0.15, -0.1) is 0 Å². The molecule has 4 rings (SSSR count). The molecule has 2 aliphatic rings. The summed E-state index contributed by atoms with van der Waals surface area (Å²) in [6, 6.07) is 12.5. The fourth-order valence-electron chi connectivity index (χ4n) is 3.66. The maximum Gasteiger partial charge on any atom is 0.307 e. The number of nitrogens with zero attached hydrogens (tertiary/aromatic N) is 1. The highest BCUT2D eigenvalue weighted by atomic mass is 16.6. The van der Waals surface area contributed by atoms with Crippen molar-refractivity contribution in [2.75, 3.05) is 13.1 Å². The first-order valence-electron chi connectivity index (χ1n) is 8.42. The molecule has 130 valence electrons. The monoisotopic (exact) mass is 341 g/mol. The van der Waals surface area contributed by atoms with Crippen LogP contribution < -0.4 is 4.74 Å². The molecule has 25 heavy (non-hydrogen) atoms. The molecule has 2 fully saturated rings. The van der Waals surface area contributed by atoms with Gasteiger partial charge in [0.05, 0.1) is 5.92 Å². The van der Waals surface area contributed by atoms with E-state index in [0.29, 0.717) is 18.8 Å². The molecular formula is C19H19NO5. The number of carboxylic acids is 1. The maximum absolute atomic E-state index is 12.6. The average Bonchev–Trinajstić information content (AvgIpc) is 3.12. The molecule has 6 heteroatoms. The normalized spacial score (nSPS) is 21.1. The van der Waals surface area contributed by atoms with Gasteiger partial charge in [-0.3, -0.25) is 9.59 Å².